The number of anilines is 2. The van der Waals surface area contributed by atoms with Gasteiger partial charge in [0.2, 0.25) is 5.91 Å². The maximum Gasteiger partial charge on any atom is 0.273 e. The third-order valence-corrected chi connectivity index (χ3v) is 6.70. The fourth-order valence-electron chi connectivity index (χ4n) is 3.99. The fraction of sp³-hybridized carbons (Fsp3) is 0.522. The van der Waals surface area contributed by atoms with Gasteiger partial charge in [-0.25, -0.2) is 9.37 Å². The predicted molar refractivity (Wildman–Crippen MR) is 129 cm³/mol. The number of nitrogens with one attached hydrogen (secondary N) is 2. The van der Waals surface area contributed by atoms with E-state index >= 15 is 0 Å². The standard InChI is InChI=1S/C23H31FN6O3S/c24-18-4-1-2-5-19(18)26-23-27-20(17-34-23)22(32)30-10-8-29(9-11-30)16-21(31)25-6-3-7-28-12-14-33-15-13-28/h1-2,4-5,17H,3,6-16H2,(H,25,31)(H,26,27). The number of aromatic nitrogens is 1. The Labute approximate surface area is 202 Å². The number of halogens is 1. The van der Waals surface area contributed by atoms with Gasteiger partial charge in [0.05, 0.1) is 25.4 Å². The van der Waals surface area contributed by atoms with Gasteiger partial charge in [-0.3, -0.25) is 19.4 Å². The Balaban J connectivity index is 1.15. The van der Waals surface area contributed by atoms with Crippen molar-refractivity contribution in [2.75, 3.05) is 77.4 Å². The first kappa shape index (κ1) is 24.5. The molecule has 2 amide bonds. The van der Waals surface area contributed by atoms with Gasteiger partial charge in [-0.05, 0) is 25.1 Å². The number of hydrogen-bond acceptors (Lipinski definition) is 8. The average molecular weight is 491 g/mol. The number of morpholine rings is 1. The number of carbonyl (C=O) groups excluding carboxylic acids is 2. The van der Waals surface area contributed by atoms with Crippen LogP contribution in [-0.4, -0.2) is 104 Å². The quantitative estimate of drug-likeness (QED) is 0.517. The molecule has 3 heterocycles. The number of rotatable bonds is 9. The molecule has 1 aromatic carbocycles. The summed E-state index contributed by atoms with van der Waals surface area (Å²) in [7, 11) is 0. The largest absolute Gasteiger partial charge is 0.379 e. The summed E-state index contributed by atoms with van der Waals surface area (Å²) in [6, 6.07) is 6.34. The first-order chi connectivity index (χ1) is 16.6. The molecule has 0 radical (unpaired) electrons. The molecule has 0 atom stereocenters. The van der Waals surface area contributed by atoms with Crippen molar-refractivity contribution < 1.29 is 18.7 Å². The highest BCUT2D eigenvalue weighted by atomic mass is 32.1. The van der Waals surface area contributed by atoms with E-state index in [1.165, 1.54) is 17.4 Å². The maximum absolute atomic E-state index is 13.8. The zero-order valence-corrected chi connectivity index (χ0v) is 20.0. The topological polar surface area (TPSA) is 90.0 Å². The Bertz CT molecular complexity index is 960. The first-order valence-corrected chi connectivity index (χ1v) is 12.5. The number of amides is 2. The van der Waals surface area contributed by atoms with Gasteiger partial charge in [-0.2, -0.15) is 0 Å². The van der Waals surface area contributed by atoms with Crippen LogP contribution in [0.4, 0.5) is 15.2 Å². The van der Waals surface area contributed by atoms with E-state index in [9.17, 15) is 14.0 Å². The Morgan fingerprint density at radius 1 is 1.06 bits per heavy atom. The minimum atomic E-state index is -0.372. The molecule has 4 rings (SSSR count). The summed E-state index contributed by atoms with van der Waals surface area (Å²) < 4.78 is 19.2. The van der Waals surface area contributed by atoms with Crippen molar-refractivity contribution in [1.82, 2.24) is 25.0 Å². The molecule has 2 saturated heterocycles. The minimum Gasteiger partial charge on any atom is -0.379 e. The van der Waals surface area contributed by atoms with E-state index in [-0.39, 0.29) is 17.6 Å². The van der Waals surface area contributed by atoms with Gasteiger partial charge in [0.25, 0.3) is 5.91 Å². The Morgan fingerprint density at radius 3 is 2.59 bits per heavy atom. The lowest BCUT2D eigenvalue weighted by atomic mass is 10.3. The van der Waals surface area contributed by atoms with Gasteiger partial charge in [-0.1, -0.05) is 12.1 Å². The average Bonchev–Trinajstić information content (AvgIpc) is 3.32. The van der Waals surface area contributed by atoms with Crippen LogP contribution in [0.5, 0.6) is 0 Å². The summed E-state index contributed by atoms with van der Waals surface area (Å²) >= 11 is 1.26. The lowest BCUT2D eigenvalue weighted by Gasteiger charge is -2.34. The summed E-state index contributed by atoms with van der Waals surface area (Å²) in [6.07, 6.45) is 0.926. The summed E-state index contributed by atoms with van der Waals surface area (Å²) in [5.74, 6) is -0.502. The molecule has 11 heteroatoms. The number of piperazine rings is 1. The number of thiazole rings is 1. The summed E-state index contributed by atoms with van der Waals surface area (Å²) in [6.45, 7) is 7.82. The van der Waals surface area contributed by atoms with Gasteiger partial charge in [-0.15, -0.1) is 11.3 Å². The summed E-state index contributed by atoms with van der Waals surface area (Å²) in [4.78, 5) is 35.6. The zero-order valence-electron chi connectivity index (χ0n) is 19.2. The van der Waals surface area contributed by atoms with Gasteiger partial charge in [0.1, 0.15) is 11.5 Å². The maximum atomic E-state index is 13.8. The molecule has 0 bridgehead atoms. The second-order valence-corrected chi connectivity index (χ2v) is 9.23. The highest BCUT2D eigenvalue weighted by molar-refractivity contribution is 7.14. The van der Waals surface area contributed by atoms with E-state index in [2.05, 4.69) is 25.4 Å². The molecule has 0 saturated carbocycles. The molecule has 0 spiro atoms. The highest BCUT2D eigenvalue weighted by Crippen LogP contribution is 2.23. The van der Waals surface area contributed by atoms with Gasteiger partial charge >= 0.3 is 0 Å². The van der Waals surface area contributed by atoms with Crippen LogP contribution in [-0.2, 0) is 9.53 Å². The molecule has 9 nitrogen and oxygen atoms in total. The third kappa shape index (κ3) is 6.95. The van der Waals surface area contributed by atoms with Crippen LogP contribution in [0.3, 0.4) is 0 Å². The van der Waals surface area contributed by atoms with Crippen molar-refractivity contribution in [2.45, 2.75) is 6.42 Å². The normalized spacial score (nSPS) is 17.5. The van der Waals surface area contributed by atoms with Crippen molar-refractivity contribution in [3.63, 3.8) is 0 Å². The zero-order chi connectivity index (χ0) is 23.8. The second-order valence-electron chi connectivity index (χ2n) is 8.37. The van der Waals surface area contributed by atoms with E-state index in [0.717, 1.165) is 39.3 Å². The van der Waals surface area contributed by atoms with Crippen LogP contribution in [0.2, 0.25) is 0 Å². The molecule has 2 fully saturated rings. The number of benzene rings is 1. The van der Waals surface area contributed by atoms with Crippen molar-refractivity contribution in [3.8, 4) is 0 Å². The molecule has 184 valence electrons. The lowest BCUT2D eigenvalue weighted by Crippen LogP contribution is -2.51. The Kier molecular flexibility index (Phi) is 8.80. The third-order valence-electron chi connectivity index (χ3n) is 5.94. The number of para-hydroxylation sites is 1. The van der Waals surface area contributed by atoms with Gasteiger partial charge in [0.15, 0.2) is 5.13 Å². The molecule has 1 aromatic heterocycles. The van der Waals surface area contributed by atoms with Crippen molar-refractivity contribution in [2.24, 2.45) is 0 Å². The fourth-order valence-corrected chi connectivity index (χ4v) is 4.69. The lowest BCUT2D eigenvalue weighted by molar-refractivity contribution is -0.122. The number of nitrogens with zero attached hydrogens (tertiary/aromatic N) is 4. The van der Waals surface area contributed by atoms with Crippen LogP contribution < -0.4 is 10.6 Å². The van der Waals surface area contributed by atoms with E-state index in [0.29, 0.717) is 55.8 Å². The Morgan fingerprint density at radius 2 is 1.82 bits per heavy atom. The van der Waals surface area contributed by atoms with Crippen molar-refractivity contribution >= 4 is 34.0 Å². The minimum absolute atomic E-state index is 0.0186. The van der Waals surface area contributed by atoms with Crippen LogP contribution in [0.25, 0.3) is 0 Å². The molecule has 0 unspecified atom stereocenters. The van der Waals surface area contributed by atoms with E-state index in [1.54, 1.807) is 28.5 Å². The van der Waals surface area contributed by atoms with Crippen LogP contribution >= 0.6 is 11.3 Å². The SMILES string of the molecule is O=C(CN1CCN(C(=O)c2csc(Nc3ccccc3F)n2)CC1)NCCCN1CCOCC1. The molecule has 2 aromatic rings. The molecular weight excluding hydrogens is 459 g/mol. The molecule has 2 N–H and O–H groups in total. The predicted octanol–water partition coefficient (Wildman–Crippen LogP) is 1.62. The van der Waals surface area contributed by atoms with E-state index in [4.69, 9.17) is 4.74 Å². The molecular formula is C23H31FN6O3S. The van der Waals surface area contributed by atoms with Crippen molar-refractivity contribution in [3.05, 3.63) is 41.2 Å². The van der Waals surface area contributed by atoms with Gasteiger partial charge < -0.3 is 20.3 Å². The van der Waals surface area contributed by atoms with Crippen LogP contribution in [0.1, 0.15) is 16.9 Å². The molecule has 2 aliphatic rings. The van der Waals surface area contributed by atoms with Crippen molar-refractivity contribution in [1.29, 1.82) is 0 Å². The van der Waals surface area contributed by atoms with E-state index < -0.39 is 0 Å². The van der Waals surface area contributed by atoms with Crippen LogP contribution in [0.15, 0.2) is 29.6 Å². The number of ether oxygens (including phenoxy) is 1. The molecule has 34 heavy (non-hydrogen) atoms. The second kappa shape index (κ2) is 12.2. The number of carbonyl (C=O) groups is 2. The number of hydrogen-bond donors (Lipinski definition) is 2. The smallest absolute Gasteiger partial charge is 0.273 e. The van der Waals surface area contributed by atoms with E-state index in [1.807, 2.05) is 0 Å². The van der Waals surface area contributed by atoms with Crippen LogP contribution in [0, 0.1) is 5.82 Å². The highest BCUT2D eigenvalue weighted by Gasteiger charge is 2.25. The monoisotopic (exact) mass is 490 g/mol. The molecule has 0 aliphatic carbocycles. The summed E-state index contributed by atoms with van der Waals surface area (Å²) in [5.41, 5.74) is 0.666. The Hall–Kier alpha value is -2.60. The molecule has 2 aliphatic heterocycles. The first-order valence-electron chi connectivity index (χ1n) is 11.6. The van der Waals surface area contributed by atoms with Gasteiger partial charge in [0, 0.05) is 51.2 Å². The summed E-state index contributed by atoms with van der Waals surface area (Å²) in [5, 5.41) is 8.07.